The summed E-state index contributed by atoms with van der Waals surface area (Å²) < 4.78 is 0. The van der Waals surface area contributed by atoms with Gasteiger partial charge in [0.15, 0.2) is 0 Å². The van der Waals surface area contributed by atoms with Gasteiger partial charge in [0.25, 0.3) is 0 Å². The average molecular weight is 228 g/mol. The normalized spacial score (nSPS) is 20.4. The first kappa shape index (κ1) is 12.2. The average Bonchev–Trinajstić information content (AvgIpc) is 2.30. The van der Waals surface area contributed by atoms with Crippen LogP contribution < -0.4 is 5.32 Å². The number of azide groups is 1. The van der Waals surface area contributed by atoms with Crippen LogP contribution >= 0.6 is 11.8 Å². The fourth-order valence-electron chi connectivity index (χ4n) is 1.47. The Morgan fingerprint density at radius 2 is 2.47 bits per heavy atom. The van der Waals surface area contributed by atoms with Gasteiger partial charge >= 0.3 is 0 Å². The highest BCUT2D eigenvalue weighted by molar-refractivity contribution is 8.00. The summed E-state index contributed by atoms with van der Waals surface area (Å²) in [5.74, 6) is 1.23. The SMILES string of the molecule is [N-]=[N+]=NCCCNC(=O)C1CCCCS1. The van der Waals surface area contributed by atoms with Crippen molar-refractivity contribution in [2.24, 2.45) is 5.11 Å². The monoisotopic (exact) mass is 228 g/mol. The smallest absolute Gasteiger partial charge is 0.233 e. The summed E-state index contributed by atoms with van der Waals surface area (Å²) in [5.41, 5.74) is 8.05. The second-order valence-electron chi connectivity index (χ2n) is 3.45. The van der Waals surface area contributed by atoms with E-state index in [1.54, 1.807) is 11.8 Å². The Hall–Kier alpha value is -0.870. The van der Waals surface area contributed by atoms with Crippen LogP contribution in [0.3, 0.4) is 0 Å². The van der Waals surface area contributed by atoms with E-state index in [1.165, 1.54) is 6.42 Å². The molecule has 0 bridgehead atoms. The predicted octanol–water partition coefficient (Wildman–Crippen LogP) is 2.09. The van der Waals surface area contributed by atoms with Crippen molar-refractivity contribution in [1.29, 1.82) is 0 Å². The number of nitrogens with one attached hydrogen (secondary N) is 1. The number of nitrogens with zero attached hydrogens (tertiary/aromatic N) is 3. The minimum absolute atomic E-state index is 0.137. The van der Waals surface area contributed by atoms with Crippen molar-refractivity contribution in [3.8, 4) is 0 Å². The van der Waals surface area contributed by atoms with Gasteiger partial charge in [0.1, 0.15) is 0 Å². The number of hydrogen-bond donors (Lipinski definition) is 1. The van der Waals surface area contributed by atoms with E-state index in [1.807, 2.05) is 0 Å². The van der Waals surface area contributed by atoms with Gasteiger partial charge < -0.3 is 5.32 Å². The maximum Gasteiger partial charge on any atom is 0.233 e. The third kappa shape index (κ3) is 4.95. The molecule has 15 heavy (non-hydrogen) atoms. The quantitative estimate of drug-likeness (QED) is 0.338. The zero-order chi connectivity index (χ0) is 10.9. The van der Waals surface area contributed by atoms with Crippen molar-refractivity contribution >= 4 is 17.7 Å². The van der Waals surface area contributed by atoms with Crippen molar-refractivity contribution in [2.75, 3.05) is 18.8 Å². The number of thioether (sulfide) groups is 1. The Kier molecular flexibility index (Phi) is 6.04. The van der Waals surface area contributed by atoms with Crippen LogP contribution in [0.5, 0.6) is 0 Å². The lowest BCUT2D eigenvalue weighted by Gasteiger charge is -2.20. The Labute approximate surface area is 93.6 Å². The lowest BCUT2D eigenvalue weighted by molar-refractivity contribution is -0.120. The van der Waals surface area contributed by atoms with E-state index < -0.39 is 0 Å². The molecule has 5 nitrogen and oxygen atoms in total. The van der Waals surface area contributed by atoms with Crippen LogP contribution in [0.15, 0.2) is 5.11 Å². The van der Waals surface area contributed by atoms with Crippen LogP contribution in [0.4, 0.5) is 0 Å². The van der Waals surface area contributed by atoms with Crippen LogP contribution in [-0.4, -0.2) is 30.0 Å². The molecule has 0 aliphatic carbocycles. The van der Waals surface area contributed by atoms with Crippen LogP contribution in [-0.2, 0) is 4.79 Å². The van der Waals surface area contributed by atoms with Gasteiger partial charge in [-0.25, -0.2) is 0 Å². The number of hydrogen-bond acceptors (Lipinski definition) is 3. The molecule has 0 spiro atoms. The number of rotatable bonds is 5. The molecule has 0 saturated carbocycles. The molecule has 1 aliphatic rings. The fourth-order valence-corrected chi connectivity index (χ4v) is 2.69. The molecule has 1 atom stereocenters. The van der Waals surface area contributed by atoms with E-state index in [0.29, 0.717) is 19.5 Å². The van der Waals surface area contributed by atoms with Gasteiger partial charge in [-0.1, -0.05) is 11.5 Å². The molecule has 1 amide bonds. The van der Waals surface area contributed by atoms with Crippen LogP contribution in [0.25, 0.3) is 10.4 Å². The summed E-state index contributed by atoms with van der Waals surface area (Å²) in [6.45, 7) is 1.06. The van der Waals surface area contributed by atoms with Crippen LogP contribution in [0.1, 0.15) is 25.7 Å². The number of amides is 1. The topological polar surface area (TPSA) is 77.9 Å². The molecule has 1 aliphatic heterocycles. The zero-order valence-corrected chi connectivity index (χ0v) is 9.50. The maximum atomic E-state index is 11.6. The van der Waals surface area contributed by atoms with Crippen molar-refractivity contribution in [1.82, 2.24) is 5.32 Å². The van der Waals surface area contributed by atoms with Gasteiger partial charge in [0.05, 0.1) is 5.25 Å². The highest BCUT2D eigenvalue weighted by Crippen LogP contribution is 2.24. The molecule has 0 aromatic heterocycles. The molecule has 1 N–H and O–H groups in total. The molecule has 0 radical (unpaired) electrons. The first-order valence-electron chi connectivity index (χ1n) is 5.25. The molecule has 1 unspecified atom stereocenters. The van der Waals surface area contributed by atoms with Crippen LogP contribution in [0, 0.1) is 0 Å². The molecule has 6 heteroatoms. The molecule has 1 heterocycles. The van der Waals surface area contributed by atoms with Crippen molar-refractivity contribution < 1.29 is 4.79 Å². The van der Waals surface area contributed by atoms with Gasteiger partial charge in [0.2, 0.25) is 5.91 Å². The summed E-state index contributed by atoms with van der Waals surface area (Å²) in [6.07, 6.45) is 4.09. The number of carbonyl (C=O) groups is 1. The lowest BCUT2D eigenvalue weighted by atomic mass is 10.2. The molecule has 84 valence electrons. The zero-order valence-electron chi connectivity index (χ0n) is 8.69. The summed E-state index contributed by atoms with van der Waals surface area (Å²) >= 11 is 1.75. The molecule has 1 saturated heterocycles. The largest absolute Gasteiger partial charge is 0.355 e. The predicted molar refractivity (Wildman–Crippen MR) is 61.7 cm³/mol. The number of carbonyl (C=O) groups excluding carboxylic acids is 1. The Morgan fingerprint density at radius 1 is 1.60 bits per heavy atom. The Bertz CT molecular complexity index is 246. The molecule has 0 aromatic rings. The maximum absolute atomic E-state index is 11.6. The lowest BCUT2D eigenvalue weighted by Crippen LogP contribution is -2.34. The van der Waals surface area contributed by atoms with Gasteiger partial charge in [0, 0.05) is 18.0 Å². The second kappa shape index (κ2) is 7.43. The molecular weight excluding hydrogens is 212 g/mol. The summed E-state index contributed by atoms with van der Waals surface area (Å²) in [6, 6.07) is 0. The Morgan fingerprint density at radius 3 is 3.13 bits per heavy atom. The van der Waals surface area contributed by atoms with Crippen LogP contribution in [0.2, 0.25) is 0 Å². The fraction of sp³-hybridized carbons (Fsp3) is 0.889. The van der Waals surface area contributed by atoms with E-state index in [4.69, 9.17) is 5.53 Å². The highest BCUT2D eigenvalue weighted by atomic mass is 32.2. The molecule has 1 rings (SSSR count). The molecular formula is C9H16N4OS. The van der Waals surface area contributed by atoms with E-state index in [0.717, 1.165) is 18.6 Å². The third-order valence-corrected chi connectivity index (χ3v) is 3.65. The van der Waals surface area contributed by atoms with E-state index in [-0.39, 0.29) is 11.2 Å². The minimum Gasteiger partial charge on any atom is -0.355 e. The highest BCUT2D eigenvalue weighted by Gasteiger charge is 2.20. The Balaban J connectivity index is 2.09. The van der Waals surface area contributed by atoms with E-state index >= 15 is 0 Å². The van der Waals surface area contributed by atoms with Crippen molar-refractivity contribution in [3.63, 3.8) is 0 Å². The minimum atomic E-state index is 0.137. The summed E-state index contributed by atoms with van der Waals surface area (Å²) in [4.78, 5) is 14.2. The molecule has 0 aromatic carbocycles. The van der Waals surface area contributed by atoms with Gasteiger partial charge in [-0.05, 0) is 30.5 Å². The van der Waals surface area contributed by atoms with Crippen molar-refractivity contribution in [2.45, 2.75) is 30.9 Å². The van der Waals surface area contributed by atoms with Gasteiger partial charge in [-0.2, -0.15) is 0 Å². The first-order valence-corrected chi connectivity index (χ1v) is 6.29. The van der Waals surface area contributed by atoms with E-state index in [9.17, 15) is 4.79 Å². The molecule has 1 fully saturated rings. The first-order chi connectivity index (χ1) is 7.34. The standard InChI is InChI=1S/C9H16N4OS/c10-13-12-6-3-5-11-9(14)8-4-1-2-7-15-8/h8H,1-7H2,(H,11,14). The van der Waals surface area contributed by atoms with Gasteiger partial charge in [-0.15, -0.1) is 11.8 Å². The third-order valence-electron chi connectivity index (χ3n) is 2.27. The second-order valence-corrected chi connectivity index (χ2v) is 4.76. The summed E-state index contributed by atoms with van der Waals surface area (Å²) in [5, 5.41) is 6.41. The van der Waals surface area contributed by atoms with Crippen molar-refractivity contribution in [3.05, 3.63) is 10.4 Å². The van der Waals surface area contributed by atoms with Gasteiger partial charge in [-0.3, -0.25) is 4.79 Å². The summed E-state index contributed by atoms with van der Waals surface area (Å²) in [7, 11) is 0. The van der Waals surface area contributed by atoms with E-state index in [2.05, 4.69) is 15.3 Å².